The Hall–Kier alpha value is -1.92. The van der Waals surface area contributed by atoms with E-state index in [1.807, 2.05) is 37.3 Å². The van der Waals surface area contributed by atoms with Gasteiger partial charge < -0.3 is 10.1 Å². The Labute approximate surface area is 168 Å². The van der Waals surface area contributed by atoms with Crippen molar-refractivity contribution in [1.29, 1.82) is 0 Å². The Morgan fingerprint density at radius 2 is 1.85 bits per heavy atom. The van der Waals surface area contributed by atoms with E-state index in [0.29, 0.717) is 29.0 Å². The van der Waals surface area contributed by atoms with Crippen molar-refractivity contribution in [3.05, 3.63) is 64.1 Å². The first-order valence-corrected chi connectivity index (χ1v) is 9.66. The van der Waals surface area contributed by atoms with Gasteiger partial charge in [0.25, 0.3) is 5.91 Å². The number of amides is 1. The van der Waals surface area contributed by atoms with E-state index in [1.165, 1.54) is 0 Å². The molecule has 0 bridgehead atoms. The molecule has 0 aliphatic heterocycles. The largest absolute Gasteiger partial charge is 0.492 e. The van der Waals surface area contributed by atoms with Gasteiger partial charge in [0.15, 0.2) is 5.11 Å². The summed E-state index contributed by atoms with van der Waals surface area (Å²) >= 11 is 8.71. The molecule has 0 radical (unpaired) electrons. The summed E-state index contributed by atoms with van der Waals surface area (Å²) in [6, 6.07) is 15.2. The predicted molar refractivity (Wildman–Crippen MR) is 113 cm³/mol. The lowest BCUT2D eigenvalue weighted by Gasteiger charge is -2.17. The van der Waals surface area contributed by atoms with Gasteiger partial charge in [-0.3, -0.25) is 10.1 Å². The molecule has 26 heavy (non-hydrogen) atoms. The van der Waals surface area contributed by atoms with Gasteiger partial charge in [-0.15, -0.1) is 0 Å². The van der Waals surface area contributed by atoms with Crippen molar-refractivity contribution in [2.45, 2.75) is 26.8 Å². The second kappa shape index (κ2) is 9.69. The summed E-state index contributed by atoms with van der Waals surface area (Å²) in [5.74, 6) is 0.882. The van der Waals surface area contributed by atoms with E-state index in [4.69, 9.17) is 17.0 Å². The Morgan fingerprint density at radius 3 is 2.46 bits per heavy atom. The summed E-state index contributed by atoms with van der Waals surface area (Å²) in [6.45, 7) is 6.78. The monoisotopic (exact) mass is 434 g/mol. The van der Waals surface area contributed by atoms with Gasteiger partial charge in [0, 0.05) is 5.56 Å². The second-order valence-corrected chi connectivity index (χ2v) is 7.67. The van der Waals surface area contributed by atoms with Crippen LogP contribution in [0.4, 0.5) is 0 Å². The highest BCUT2D eigenvalue weighted by Gasteiger charge is 2.13. The number of nitrogens with one attached hydrogen (secondary N) is 2. The van der Waals surface area contributed by atoms with E-state index in [1.54, 1.807) is 18.2 Å². The molecule has 2 aromatic carbocycles. The molecule has 6 heteroatoms. The van der Waals surface area contributed by atoms with E-state index in [-0.39, 0.29) is 11.9 Å². The van der Waals surface area contributed by atoms with Crippen LogP contribution in [0.25, 0.3) is 0 Å². The third kappa shape index (κ3) is 6.11. The molecule has 1 atom stereocenters. The first kappa shape index (κ1) is 20.4. The van der Waals surface area contributed by atoms with Gasteiger partial charge in [-0.25, -0.2) is 0 Å². The molecule has 1 amide bonds. The second-order valence-electron chi connectivity index (χ2n) is 6.41. The van der Waals surface area contributed by atoms with Gasteiger partial charge >= 0.3 is 0 Å². The molecule has 2 N–H and O–H groups in total. The van der Waals surface area contributed by atoms with Crippen LogP contribution in [0.15, 0.2) is 53.0 Å². The number of halogens is 1. The minimum atomic E-state index is -0.265. The van der Waals surface area contributed by atoms with Gasteiger partial charge in [-0.05, 0) is 64.8 Å². The van der Waals surface area contributed by atoms with Crippen LogP contribution in [0.1, 0.15) is 42.7 Å². The molecular formula is C20H23BrN2O2S. The fraction of sp³-hybridized carbons (Fsp3) is 0.300. The van der Waals surface area contributed by atoms with Gasteiger partial charge in [0.1, 0.15) is 5.75 Å². The number of hydrogen-bond acceptors (Lipinski definition) is 3. The quantitative estimate of drug-likeness (QED) is 0.637. The standard InChI is InChI=1S/C20H23BrN2O2S/c1-13(2)12-25-18-10-9-16(11-17(18)21)19(24)23-20(26)22-14(3)15-7-5-4-6-8-15/h4-11,13-14H,12H2,1-3H3,(H2,22,23,24,26). The van der Waals surface area contributed by atoms with Crippen molar-refractivity contribution in [2.24, 2.45) is 5.92 Å². The number of hydrogen-bond donors (Lipinski definition) is 2. The molecule has 2 rings (SSSR count). The molecule has 1 unspecified atom stereocenters. The molecule has 0 aliphatic carbocycles. The van der Waals surface area contributed by atoms with Crippen molar-refractivity contribution in [2.75, 3.05) is 6.61 Å². The van der Waals surface area contributed by atoms with Gasteiger partial charge in [-0.1, -0.05) is 44.2 Å². The molecule has 138 valence electrons. The summed E-state index contributed by atoms with van der Waals surface area (Å²) in [6.07, 6.45) is 0. The van der Waals surface area contributed by atoms with Gasteiger partial charge in [-0.2, -0.15) is 0 Å². The molecule has 2 aromatic rings. The van der Waals surface area contributed by atoms with Crippen LogP contribution in [-0.4, -0.2) is 17.6 Å². The van der Waals surface area contributed by atoms with E-state index in [0.717, 1.165) is 10.0 Å². The topological polar surface area (TPSA) is 50.4 Å². The van der Waals surface area contributed by atoms with Crippen LogP contribution in [0.2, 0.25) is 0 Å². The Bertz CT molecular complexity index is 766. The number of thiocarbonyl (C=S) groups is 1. The predicted octanol–water partition coefficient (Wildman–Crippen LogP) is 4.85. The first-order valence-electron chi connectivity index (χ1n) is 8.46. The maximum Gasteiger partial charge on any atom is 0.257 e. The molecular weight excluding hydrogens is 412 g/mol. The van der Waals surface area contributed by atoms with E-state index < -0.39 is 0 Å². The summed E-state index contributed by atoms with van der Waals surface area (Å²) in [7, 11) is 0. The minimum absolute atomic E-state index is 0.00236. The Morgan fingerprint density at radius 1 is 1.15 bits per heavy atom. The van der Waals surface area contributed by atoms with E-state index >= 15 is 0 Å². The lowest BCUT2D eigenvalue weighted by atomic mass is 10.1. The molecule has 0 saturated carbocycles. The highest BCUT2D eigenvalue weighted by atomic mass is 79.9. The number of ether oxygens (including phenoxy) is 1. The molecule has 0 spiro atoms. The Kier molecular flexibility index (Phi) is 7.60. The number of carbonyl (C=O) groups is 1. The summed E-state index contributed by atoms with van der Waals surface area (Å²) in [4.78, 5) is 12.4. The first-order chi connectivity index (χ1) is 12.4. The van der Waals surface area contributed by atoms with Crippen LogP contribution in [0.3, 0.4) is 0 Å². The summed E-state index contributed by atoms with van der Waals surface area (Å²) in [5.41, 5.74) is 1.60. The highest BCUT2D eigenvalue weighted by Crippen LogP contribution is 2.26. The minimum Gasteiger partial charge on any atom is -0.492 e. The number of rotatable bonds is 6. The number of carbonyl (C=O) groups excluding carboxylic acids is 1. The molecule has 0 aliphatic rings. The maximum absolute atomic E-state index is 12.4. The van der Waals surface area contributed by atoms with Crippen molar-refractivity contribution >= 4 is 39.2 Å². The molecule has 0 heterocycles. The van der Waals surface area contributed by atoms with E-state index in [2.05, 4.69) is 40.4 Å². The zero-order chi connectivity index (χ0) is 19.1. The van der Waals surface area contributed by atoms with Gasteiger partial charge in [0.2, 0.25) is 0 Å². The van der Waals surface area contributed by atoms with Crippen LogP contribution >= 0.6 is 28.1 Å². The third-order valence-electron chi connectivity index (χ3n) is 3.64. The molecule has 0 aromatic heterocycles. The third-order valence-corrected chi connectivity index (χ3v) is 4.48. The maximum atomic E-state index is 12.4. The molecule has 4 nitrogen and oxygen atoms in total. The summed E-state index contributed by atoms with van der Waals surface area (Å²) < 4.78 is 6.44. The van der Waals surface area contributed by atoms with Crippen LogP contribution in [-0.2, 0) is 0 Å². The Balaban J connectivity index is 1.94. The SMILES string of the molecule is CC(C)COc1ccc(C(=O)NC(=S)NC(C)c2ccccc2)cc1Br. The van der Waals surface area contributed by atoms with Gasteiger partial charge in [0.05, 0.1) is 17.1 Å². The lowest BCUT2D eigenvalue weighted by molar-refractivity contribution is 0.0976. The van der Waals surface area contributed by atoms with Crippen LogP contribution < -0.4 is 15.4 Å². The zero-order valence-corrected chi connectivity index (χ0v) is 17.5. The highest BCUT2D eigenvalue weighted by molar-refractivity contribution is 9.10. The fourth-order valence-electron chi connectivity index (χ4n) is 2.25. The van der Waals surface area contributed by atoms with Crippen molar-refractivity contribution in [3.63, 3.8) is 0 Å². The van der Waals surface area contributed by atoms with E-state index in [9.17, 15) is 4.79 Å². The zero-order valence-electron chi connectivity index (χ0n) is 15.1. The average Bonchev–Trinajstić information content (AvgIpc) is 2.61. The van der Waals surface area contributed by atoms with Crippen LogP contribution in [0.5, 0.6) is 5.75 Å². The van der Waals surface area contributed by atoms with Crippen LogP contribution in [0, 0.1) is 5.92 Å². The molecule has 0 fully saturated rings. The normalized spacial score (nSPS) is 11.7. The smallest absolute Gasteiger partial charge is 0.257 e. The van der Waals surface area contributed by atoms with Crippen molar-refractivity contribution in [3.8, 4) is 5.75 Å². The number of benzene rings is 2. The lowest BCUT2D eigenvalue weighted by Crippen LogP contribution is -2.40. The molecule has 0 saturated heterocycles. The fourth-order valence-corrected chi connectivity index (χ4v) is 3.01. The van der Waals surface area contributed by atoms with Crippen molar-refractivity contribution < 1.29 is 9.53 Å². The average molecular weight is 435 g/mol. The summed E-state index contributed by atoms with van der Waals surface area (Å²) in [5, 5.41) is 6.13. The van der Waals surface area contributed by atoms with Crippen molar-refractivity contribution in [1.82, 2.24) is 10.6 Å².